The first kappa shape index (κ1) is 22.8. The van der Waals surface area contributed by atoms with E-state index in [0.29, 0.717) is 32.8 Å². The first-order valence-electron chi connectivity index (χ1n) is 11.1. The third-order valence-corrected chi connectivity index (χ3v) is 6.52. The number of morpholine rings is 1. The van der Waals surface area contributed by atoms with Gasteiger partial charge < -0.3 is 14.5 Å². The molecule has 0 bridgehead atoms. The van der Waals surface area contributed by atoms with Gasteiger partial charge in [-0.05, 0) is 44.9 Å². The van der Waals surface area contributed by atoms with E-state index in [0.717, 1.165) is 41.9 Å². The molecule has 2 saturated heterocycles. The normalized spacial score (nSPS) is 26.1. The number of carbonyl (C=O) groups is 1. The van der Waals surface area contributed by atoms with Crippen molar-refractivity contribution in [2.75, 3.05) is 32.8 Å². The number of nitrogens with zero attached hydrogens (tertiary/aromatic N) is 3. The predicted molar refractivity (Wildman–Crippen MR) is 117 cm³/mol. The van der Waals surface area contributed by atoms with Gasteiger partial charge in [0.1, 0.15) is 0 Å². The molecule has 2 atom stereocenters. The van der Waals surface area contributed by atoms with E-state index in [-0.39, 0.29) is 17.9 Å². The summed E-state index contributed by atoms with van der Waals surface area (Å²) in [7, 11) is 0. The second-order valence-electron chi connectivity index (χ2n) is 9.62. The number of hydrogen-bond donors (Lipinski definition) is 0. The van der Waals surface area contributed by atoms with Crippen LogP contribution in [0.3, 0.4) is 0 Å². The topological polar surface area (TPSA) is 45.1 Å². The van der Waals surface area contributed by atoms with Crippen LogP contribution in [0.4, 0.5) is 18.0 Å². The number of halogens is 3. The van der Waals surface area contributed by atoms with Crippen LogP contribution in [0.1, 0.15) is 50.7 Å². The van der Waals surface area contributed by atoms with Crippen molar-refractivity contribution >= 4 is 11.7 Å². The Hall–Kier alpha value is -2.35. The Morgan fingerprint density at radius 2 is 1.81 bits per heavy atom. The Morgan fingerprint density at radius 3 is 2.41 bits per heavy atom. The van der Waals surface area contributed by atoms with E-state index in [1.807, 2.05) is 30.6 Å². The molecule has 0 radical (unpaired) electrons. The van der Waals surface area contributed by atoms with Gasteiger partial charge in [-0.3, -0.25) is 4.99 Å². The average molecular weight is 450 g/mol. The number of rotatable bonds is 2. The molecule has 3 heterocycles. The molecule has 3 aliphatic heterocycles. The number of hydrogen-bond acceptors (Lipinski definition) is 3. The number of aliphatic imine (C=N–C) groups is 1. The predicted octanol–water partition coefficient (Wildman–Crippen LogP) is 5.09. The fraction of sp³-hybridized carbons (Fsp3) is 0.583. The Morgan fingerprint density at radius 1 is 1.12 bits per heavy atom. The quantitative estimate of drug-likeness (QED) is 0.631. The molecular formula is C24H30F3N3O2. The van der Waals surface area contributed by atoms with Crippen LogP contribution in [0, 0.1) is 5.92 Å². The van der Waals surface area contributed by atoms with Crippen molar-refractivity contribution in [3.8, 4) is 0 Å². The second kappa shape index (κ2) is 8.54. The van der Waals surface area contributed by atoms with E-state index in [1.54, 1.807) is 12.1 Å². The van der Waals surface area contributed by atoms with E-state index in [9.17, 15) is 18.0 Å². The summed E-state index contributed by atoms with van der Waals surface area (Å²) in [5.74, 6) is 0.0420. The summed E-state index contributed by atoms with van der Waals surface area (Å²) in [5.41, 5.74) is 1.80. The van der Waals surface area contributed by atoms with Gasteiger partial charge in [-0.15, -0.1) is 0 Å². The van der Waals surface area contributed by atoms with E-state index in [1.165, 1.54) is 0 Å². The SMILES string of the molecule is CC1=CCC(C2CC(c3ccc(C(F)(F)F)cc3)CN(C(=O)N3CCOC(C)(C)C3)C2)=N1. The summed E-state index contributed by atoms with van der Waals surface area (Å²) >= 11 is 0. The van der Waals surface area contributed by atoms with E-state index in [4.69, 9.17) is 4.74 Å². The number of benzene rings is 1. The highest BCUT2D eigenvalue weighted by atomic mass is 19.4. The number of ether oxygens (including phenoxy) is 1. The minimum absolute atomic E-state index is 0.0359. The smallest absolute Gasteiger partial charge is 0.372 e. The van der Waals surface area contributed by atoms with Crippen molar-refractivity contribution in [2.45, 2.75) is 51.3 Å². The molecule has 2 amide bonds. The van der Waals surface area contributed by atoms with Crippen LogP contribution >= 0.6 is 0 Å². The summed E-state index contributed by atoms with van der Waals surface area (Å²) in [6.45, 7) is 8.51. The summed E-state index contributed by atoms with van der Waals surface area (Å²) in [6, 6.07) is 5.33. The first-order valence-corrected chi connectivity index (χ1v) is 11.1. The van der Waals surface area contributed by atoms with Crippen molar-refractivity contribution in [3.05, 3.63) is 47.2 Å². The summed E-state index contributed by atoms with van der Waals surface area (Å²) in [4.78, 5) is 21.8. The molecule has 0 saturated carbocycles. The molecule has 0 aliphatic carbocycles. The number of piperidine rings is 1. The number of alkyl halides is 3. The number of likely N-dealkylation sites (tertiary alicyclic amines) is 1. The van der Waals surface area contributed by atoms with E-state index < -0.39 is 17.3 Å². The molecule has 8 heteroatoms. The average Bonchev–Trinajstić information content (AvgIpc) is 3.18. The summed E-state index contributed by atoms with van der Waals surface area (Å²) < 4.78 is 44.8. The Bertz CT molecular complexity index is 921. The maximum Gasteiger partial charge on any atom is 0.416 e. The van der Waals surface area contributed by atoms with Crippen LogP contribution in [0.5, 0.6) is 0 Å². The largest absolute Gasteiger partial charge is 0.416 e. The standard InChI is InChI=1S/C24H30F3N3O2/c1-16-4-9-21(28-16)19-12-18(17-5-7-20(8-6-17)24(25,26)27)13-30(14-19)22(31)29-10-11-32-23(2,3)15-29/h4-8,18-19H,9-15H2,1-3H3. The minimum atomic E-state index is -4.36. The lowest BCUT2D eigenvalue weighted by molar-refractivity contribution is -0.137. The molecule has 0 aromatic heterocycles. The van der Waals surface area contributed by atoms with Crippen LogP contribution < -0.4 is 0 Å². The van der Waals surface area contributed by atoms with Crippen molar-refractivity contribution in [3.63, 3.8) is 0 Å². The first-order chi connectivity index (χ1) is 15.0. The highest BCUT2D eigenvalue weighted by Crippen LogP contribution is 2.36. The molecule has 1 aromatic carbocycles. The number of amides is 2. The molecule has 32 heavy (non-hydrogen) atoms. The van der Waals surface area contributed by atoms with E-state index in [2.05, 4.69) is 11.1 Å². The fourth-order valence-electron chi connectivity index (χ4n) is 4.89. The van der Waals surface area contributed by atoms with Gasteiger partial charge in [-0.25, -0.2) is 4.79 Å². The summed E-state index contributed by atoms with van der Waals surface area (Å²) in [5, 5.41) is 0. The molecule has 4 rings (SSSR count). The lowest BCUT2D eigenvalue weighted by Crippen LogP contribution is -2.57. The maximum absolute atomic E-state index is 13.4. The monoisotopic (exact) mass is 449 g/mol. The van der Waals surface area contributed by atoms with Gasteiger partial charge in [-0.1, -0.05) is 18.2 Å². The van der Waals surface area contributed by atoms with Crippen molar-refractivity contribution in [1.82, 2.24) is 9.80 Å². The van der Waals surface area contributed by atoms with Crippen molar-refractivity contribution in [1.29, 1.82) is 0 Å². The highest BCUT2D eigenvalue weighted by molar-refractivity contribution is 5.91. The maximum atomic E-state index is 13.4. The lowest BCUT2D eigenvalue weighted by atomic mass is 9.81. The third-order valence-electron chi connectivity index (χ3n) is 6.52. The van der Waals surface area contributed by atoms with Gasteiger partial charge in [0, 0.05) is 49.3 Å². The Kier molecular flexibility index (Phi) is 6.09. The van der Waals surface area contributed by atoms with Crippen LogP contribution in [-0.4, -0.2) is 59.9 Å². The zero-order valence-electron chi connectivity index (χ0n) is 18.8. The number of carbonyl (C=O) groups excluding carboxylic acids is 1. The highest BCUT2D eigenvalue weighted by Gasteiger charge is 2.38. The molecular weight excluding hydrogens is 419 g/mol. The molecule has 2 fully saturated rings. The lowest BCUT2D eigenvalue weighted by Gasteiger charge is -2.44. The minimum Gasteiger partial charge on any atom is -0.372 e. The van der Waals surface area contributed by atoms with Gasteiger partial charge in [0.2, 0.25) is 0 Å². The molecule has 3 aliphatic rings. The molecule has 174 valence electrons. The van der Waals surface area contributed by atoms with Gasteiger partial charge in [0.15, 0.2) is 0 Å². The molecule has 2 unspecified atom stereocenters. The second-order valence-corrected chi connectivity index (χ2v) is 9.62. The molecule has 5 nitrogen and oxygen atoms in total. The molecule has 1 aromatic rings. The van der Waals surface area contributed by atoms with Crippen molar-refractivity contribution in [2.24, 2.45) is 10.9 Å². The van der Waals surface area contributed by atoms with Gasteiger partial charge >= 0.3 is 12.2 Å². The Labute approximate surface area is 186 Å². The summed E-state index contributed by atoms with van der Waals surface area (Å²) in [6.07, 6.45) is -0.749. The van der Waals surface area contributed by atoms with Gasteiger partial charge in [0.25, 0.3) is 0 Å². The van der Waals surface area contributed by atoms with Crippen molar-refractivity contribution < 1.29 is 22.7 Å². The van der Waals surface area contributed by atoms with Gasteiger partial charge in [-0.2, -0.15) is 13.2 Å². The van der Waals surface area contributed by atoms with Crippen LogP contribution in [0.2, 0.25) is 0 Å². The molecule has 0 spiro atoms. The van der Waals surface area contributed by atoms with Gasteiger partial charge in [0.05, 0.1) is 24.3 Å². The fourth-order valence-corrected chi connectivity index (χ4v) is 4.89. The van der Waals surface area contributed by atoms with E-state index >= 15 is 0 Å². The zero-order valence-corrected chi connectivity index (χ0v) is 18.8. The van der Waals surface area contributed by atoms with Crippen LogP contribution in [0.25, 0.3) is 0 Å². The number of urea groups is 1. The van der Waals surface area contributed by atoms with Crippen LogP contribution in [-0.2, 0) is 10.9 Å². The Balaban J connectivity index is 1.57. The zero-order chi connectivity index (χ0) is 23.1. The number of allylic oxidation sites excluding steroid dienone is 2. The molecule has 0 N–H and O–H groups in total. The van der Waals surface area contributed by atoms with Crippen LogP contribution in [0.15, 0.2) is 41.0 Å². The third kappa shape index (κ3) is 5.00.